The lowest BCUT2D eigenvalue weighted by molar-refractivity contribution is -0.594. The molecule has 0 aliphatic heterocycles. The monoisotopic (exact) mass is 426 g/mol. The SMILES string of the molecule is COC(=O)c1ccc(Br)cc1-[n+]1ccc2c(c1)[nH]c1ccccc12.O=C[O-]. The summed E-state index contributed by atoms with van der Waals surface area (Å²) in [6, 6.07) is 15.7. The van der Waals surface area contributed by atoms with Gasteiger partial charge in [0.15, 0.2) is 12.4 Å². The van der Waals surface area contributed by atoms with E-state index in [0.29, 0.717) is 5.56 Å². The standard InChI is InChI=1S/C19H13BrN2O2.CH2O2/c1-24-19(23)15-7-6-12(20)10-18(15)22-9-8-14-13-4-2-3-5-16(13)21-17(14)11-22;2-1-3/h2-11H,1H3;1H,(H,2,3). The summed E-state index contributed by atoms with van der Waals surface area (Å²) in [6.07, 6.45) is 3.94. The minimum atomic E-state index is -0.500. The molecule has 0 atom stereocenters. The number of fused-ring (bicyclic) bond motifs is 3. The van der Waals surface area contributed by atoms with Gasteiger partial charge in [0, 0.05) is 39.4 Å². The second kappa shape index (κ2) is 8.01. The second-order valence-corrected chi connectivity index (χ2v) is 6.51. The van der Waals surface area contributed by atoms with E-state index in [-0.39, 0.29) is 5.97 Å². The zero-order valence-electron chi connectivity index (χ0n) is 14.3. The van der Waals surface area contributed by atoms with E-state index in [4.69, 9.17) is 14.6 Å². The predicted octanol–water partition coefficient (Wildman–Crippen LogP) is 2.51. The summed E-state index contributed by atoms with van der Waals surface area (Å²) in [6.45, 7) is -0.500. The van der Waals surface area contributed by atoms with Crippen LogP contribution in [-0.2, 0) is 9.53 Å². The Bertz CT molecular complexity index is 1140. The number of aromatic amines is 1. The Labute approximate surface area is 163 Å². The molecule has 0 aliphatic carbocycles. The number of aromatic nitrogens is 2. The number of para-hydroxylation sites is 1. The molecule has 27 heavy (non-hydrogen) atoms. The molecular weight excluding hydrogens is 412 g/mol. The van der Waals surface area contributed by atoms with Gasteiger partial charge in [-0.25, -0.2) is 4.79 Å². The van der Waals surface area contributed by atoms with Crippen molar-refractivity contribution in [3.8, 4) is 5.69 Å². The van der Waals surface area contributed by atoms with Gasteiger partial charge in [0.2, 0.25) is 5.69 Å². The van der Waals surface area contributed by atoms with Crippen LogP contribution in [0.15, 0.2) is 65.4 Å². The number of H-pyrrole nitrogens is 1. The molecule has 0 bridgehead atoms. The van der Waals surface area contributed by atoms with Crippen LogP contribution in [0.5, 0.6) is 0 Å². The molecular formula is C20H15BrN2O4. The average Bonchev–Trinajstić information content (AvgIpc) is 3.05. The highest BCUT2D eigenvalue weighted by molar-refractivity contribution is 9.10. The Morgan fingerprint density at radius 2 is 1.85 bits per heavy atom. The van der Waals surface area contributed by atoms with Crippen LogP contribution in [-0.4, -0.2) is 24.5 Å². The molecule has 2 aromatic carbocycles. The molecule has 4 aromatic rings. The number of nitrogens with one attached hydrogen (secondary N) is 1. The van der Waals surface area contributed by atoms with Crippen LogP contribution in [0.1, 0.15) is 10.4 Å². The number of carbonyl (C=O) groups excluding carboxylic acids is 2. The van der Waals surface area contributed by atoms with Crippen LogP contribution in [0, 0.1) is 0 Å². The highest BCUT2D eigenvalue weighted by Gasteiger charge is 2.21. The molecule has 0 unspecified atom stereocenters. The fourth-order valence-corrected chi connectivity index (χ4v) is 3.30. The third-order valence-corrected chi connectivity index (χ3v) is 4.58. The van der Waals surface area contributed by atoms with Crippen LogP contribution in [0.2, 0.25) is 0 Å². The molecule has 0 saturated carbocycles. The van der Waals surface area contributed by atoms with Gasteiger partial charge in [0.25, 0.3) is 0 Å². The number of benzene rings is 2. The van der Waals surface area contributed by atoms with Crippen LogP contribution >= 0.6 is 15.9 Å². The third-order valence-electron chi connectivity index (χ3n) is 4.09. The van der Waals surface area contributed by atoms with E-state index in [1.807, 2.05) is 41.2 Å². The Hall–Kier alpha value is -3.19. The molecule has 2 aromatic heterocycles. The van der Waals surface area contributed by atoms with Crippen molar-refractivity contribution >= 4 is 50.2 Å². The molecule has 0 spiro atoms. The lowest BCUT2D eigenvalue weighted by Gasteiger charge is -2.04. The molecule has 0 aliphatic rings. The van der Waals surface area contributed by atoms with Crippen LogP contribution in [0.3, 0.4) is 0 Å². The van der Waals surface area contributed by atoms with Crippen molar-refractivity contribution in [2.45, 2.75) is 0 Å². The first kappa shape index (κ1) is 18.6. The molecule has 6 nitrogen and oxygen atoms in total. The van der Waals surface area contributed by atoms with Crippen molar-refractivity contribution < 1.29 is 24.0 Å². The first-order valence-corrected chi connectivity index (χ1v) is 8.74. The van der Waals surface area contributed by atoms with Crippen molar-refractivity contribution in [2.75, 3.05) is 7.11 Å². The number of pyridine rings is 1. The van der Waals surface area contributed by atoms with Gasteiger partial charge in [-0.15, -0.1) is 0 Å². The minimum Gasteiger partial charge on any atom is -0.554 e. The lowest BCUT2D eigenvalue weighted by Crippen LogP contribution is -2.32. The molecule has 0 amide bonds. The number of carbonyl (C=O) groups is 2. The van der Waals surface area contributed by atoms with Gasteiger partial charge in [-0.3, -0.25) is 0 Å². The smallest absolute Gasteiger partial charge is 0.344 e. The van der Waals surface area contributed by atoms with Crippen LogP contribution in [0.25, 0.3) is 27.5 Å². The molecule has 0 fully saturated rings. The Kier molecular flexibility index (Phi) is 5.52. The van der Waals surface area contributed by atoms with Crippen molar-refractivity contribution in [2.24, 2.45) is 0 Å². The van der Waals surface area contributed by atoms with Gasteiger partial charge >= 0.3 is 5.97 Å². The molecule has 0 saturated heterocycles. The minimum absolute atomic E-state index is 0.359. The number of halogens is 1. The number of nitrogens with zero attached hydrogens (tertiary/aromatic N) is 1. The van der Waals surface area contributed by atoms with Crippen molar-refractivity contribution in [1.29, 1.82) is 0 Å². The summed E-state index contributed by atoms with van der Waals surface area (Å²) in [5.41, 5.74) is 3.38. The highest BCUT2D eigenvalue weighted by atomic mass is 79.9. The summed E-state index contributed by atoms with van der Waals surface area (Å²) in [5, 5.41) is 10.6. The number of carboxylic acid groups (broad SMARTS) is 1. The molecule has 2 heterocycles. The van der Waals surface area contributed by atoms with E-state index in [2.05, 4.69) is 39.1 Å². The number of methoxy groups -OCH3 is 1. The van der Waals surface area contributed by atoms with E-state index < -0.39 is 6.47 Å². The summed E-state index contributed by atoms with van der Waals surface area (Å²) >= 11 is 3.47. The zero-order chi connectivity index (χ0) is 19.4. The van der Waals surface area contributed by atoms with E-state index >= 15 is 0 Å². The van der Waals surface area contributed by atoms with Gasteiger partial charge in [-0.1, -0.05) is 34.1 Å². The largest absolute Gasteiger partial charge is 0.554 e. The van der Waals surface area contributed by atoms with Gasteiger partial charge in [0.1, 0.15) is 11.1 Å². The van der Waals surface area contributed by atoms with Crippen molar-refractivity contribution in [3.63, 3.8) is 0 Å². The van der Waals surface area contributed by atoms with E-state index in [9.17, 15) is 4.79 Å². The van der Waals surface area contributed by atoms with E-state index in [1.54, 1.807) is 6.07 Å². The van der Waals surface area contributed by atoms with Gasteiger partial charge in [-0.2, -0.15) is 4.57 Å². The van der Waals surface area contributed by atoms with Gasteiger partial charge in [0.05, 0.1) is 7.11 Å². The summed E-state index contributed by atoms with van der Waals surface area (Å²) in [5.74, 6) is -0.359. The summed E-state index contributed by atoms with van der Waals surface area (Å²) in [4.78, 5) is 23.7. The van der Waals surface area contributed by atoms with Gasteiger partial charge in [-0.05, 0) is 18.2 Å². The highest BCUT2D eigenvalue weighted by Crippen LogP contribution is 2.24. The molecule has 1 N–H and O–H groups in total. The number of rotatable bonds is 2. The Morgan fingerprint density at radius 3 is 2.59 bits per heavy atom. The first-order chi connectivity index (χ1) is 13.1. The maximum Gasteiger partial charge on any atom is 0.344 e. The number of hydrogen-bond donors (Lipinski definition) is 1. The lowest BCUT2D eigenvalue weighted by atomic mass is 10.1. The first-order valence-electron chi connectivity index (χ1n) is 7.94. The predicted molar refractivity (Wildman–Crippen MR) is 102 cm³/mol. The third kappa shape index (κ3) is 3.68. The normalized spacial score (nSPS) is 10.3. The second-order valence-electron chi connectivity index (χ2n) is 5.60. The zero-order valence-corrected chi connectivity index (χ0v) is 15.9. The molecule has 4 rings (SSSR count). The van der Waals surface area contributed by atoms with Crippen molar-refractivity contribution in [3.05, 3.63) is 71.0 Å². The fourth-order valence-electron chi connectivity index (χ4n) is 2.95. The summed E-state index contributed by atoms with van der Waals surface area (Å²) in [7, 11) is 1.39. The molecule has 7 heteroatoms. The molecule has 0 radical (unpaired) electrons. The van der Waals surface area contributed by atoms with E-state index in [0.717, 1.165) is 26.6 Å². The van der Waals surface area contributed by atoms with Gasteiger partial charge < -0.3 is 19.6 Å². The quantitative estimate of drug-likeness (QED) is 0.303. The Balaban J connectivity index is 0.000000659. The number of hydrogen-bond acceptors (Lipinski definition) is 4. The summed E-state index contributed by atoms with van der Waals surface area (Å²) < 4.78 is 7.72. The van der Waals surface area contributed by atoms with Crippen LogP contribution < -0.4 is 9.67 Å². The number of esters is 1. The maximum absolute atomic E-state index is 12.1. The Morgan fingerprint density at radius 1 is 1.15 bits per heavy atom. The number of ether oxygens (including phenoxy) is 1. The van der Waals surface area contributed by atoms with E-state index in [1.165, 1.54) is 12.5 Å². The van der Waals surface area contributed by atoms with Crippen molar-refractivity contribution in [1.82, 2.24) is 4.98 Å². The van der Waals surface area contributed by atoms with Crippen LogP contribution in [0.4, 0.5) is 0 Å². The average molecular weight is 427 g/mol. The topological polar surface area (TPSA) is 86.1 Å². The molecule has 136 valence electrons. The fraction of sp³-hybridized carbons (Fsp3) is 0.0500. The maximum atomic E-state index is 12.1.